The smallest absolute Gasteiger partial charge is 0.0177 e. The lowest BCUT2D eigenvalue weighted by Gasteiger charge is -2.39. The molecular weight excluding hydrogens is 506 g/mol. The lowest BCUT2D eigenvalue weighted by Crippen LogP contribution is -2.31. The highest BCUT2D eigenvalue weighted by molar-refractivity contribution is 5.49. The van der Waals surface area contributed by atoms with Gasteiger partial charge in [-0.05, 0) is 80.3 Å². The second kappa shape index (κ2) is 25.1. The molecule has 1 heteroatoms. The summed E-state index contributed by atoms with van der Waals surface area (Å²) in [6.45, 7) is 26.8. The van der Waals surface area contributed by atoms with Gasteiger partial charge in [0.2, 0.25) is 0 Å². The van der Waals surface area contributed by atoms with Gasteiger partial charge in [0.15, 0.2) is 0 Å². The molecule has 0 bridgehead atoms. The maximum Gasteiger partial charge on any atom is 0.0177 e. The van der Waals surface area contributed by atoms with Gasteiger partial charge in [0, 0.05) is 18.7 Å². The van der Waals surface area contributed by atoms with Crippen molar-refractivity contribution in [3.63, 3.8) is 0 Å². The number of unbranched alkanes of at least 4 members (excludes halogenated alkanes) is 1. The van der Waals surface area contributed by atoms with Crippen LogP contribution in [-0.4, -0.2) is 7.05 Å². The fraction of sp³-hybridized carbons (Fsp3) is 0.805. The number of rotatable bonds is 14. The topological polar surface area (TPSA) is 12.0 Å². The molecule has 0 heterocycles. The van der Waals surface area contributed by atoms with Crippen molar-refractivity contribution in [1.82, 2.24) is 5.32 Å². The second-order valence-corrected chi connectivity index (χ2v) is 13.9. The zero-order chi connectivity index (χ0) is 31.9. The molecule has 1 N–H and O–H groups in total. The third kappa shape index (κ3) is 16.6. The van der Waals surface area contributed by atoms with Gasteiger partial charge >= 0.3 is 0 Å². The fourth-order valence-corrected chi connectivity index (χ4v) is 6.83. The van der Waals surface area contributed by atoms with Gasteiger partial charge in [0.25, 0.3) is 0 Å². The molecule has 3 rings (SSSR count). The molecule has 0 saturated heterocycles. The van der Waals surface area contributed by atoms with E-state index in [0.717, 1.165) is 24.2 Å². The average molecular weight is 584 g/mol. The minimum absolute atomic E-state index is 0.639. The van der Waals surface area contributed by atoms with Crippen LogP contribution >= 0.6 is 0 Å². The molecule has 3 atom stereocenters. The Labute approximate surface area is 266 Å². The van der Waals surface area contributed by atoms with Crippen molar-refractivity contribution in [2.45, 2.75) is 178 Å². The van der Waals surface area contributed by atoms with Crippen LogP contribution in [0.4, 0.5) is 0 Å². The molecule has 246 valence electrons. The summed E-state index contributed by atoms with van der Waals surface area (Å²) in [5.41, 5.74) is 7.68. The molecule has 1 nitrogen and oxygen atoms in total. The van der Waals surface area contributed by atoms with Crippen LogP contribution in [0.3, 0.4) is 0 Å². The summed E-state index contributed by atoms with van der Waals surface area (Å²) in [6, 6.07) is 0. The molecule has 2 fully saturated rings. The second-order valence-electron chi connectivity index (χ2n) is 13.9. The fourth-order valence-electron chi connectivity index (χ4n) is 6.83. The van der Waals surface area contributed by atoms with E-state index in [2.05, 4.69) is 86.5 Å². The largest absolute Gasteiger partial charge is 0.391 e. The quantitative estimate of drug-likeness (QED) is 0.201. The van der Waals surface area contributed by atoms with Crippen molar-refractivity contribution in [3.05, 3.63) is 46.7 Å². The highest BCUT2D eigenvalue weighted by Crippen LogP contribution is 2.47. The molecule has 0 aliphatic heterocycles. The molecule has 0 aromatic heterocycles. The normalized spacial score (nSPS) is 19.9. The van der Waals surface area contributed by atoms with Crippen LogP contribution in [0.25, 0.3) is 0 Å². The Balaban J connectivity index is 0.000000724. The molecule has 42 heavy (non-hydrogen) atoms. The maximum atomic E-state index is 4.29. The minimum atomic E-state index is 0.639. The van der Waals surface area contributed by atoms with Crippen molar-refractivity contribution < 1.29 is 0 Å². The number of allylic oxidation sites excluding steroid dienone is 7. The Kier molecular flexibility index (Phi) is 24.4. The van der Waals surface area contributed by atoms with Crippen molar-refractivity contribution in [1.29, 1.82) is 0 Å². The van der Waals surface area contributed by atoms with E-state index < -0.39 is 0 Å². The number of nitrogens with one attached hydrogen (secondary N) is 1. The summed E-state index contributed by atoms with van der Waals surface area (Å²) < 4.78 is 0. The summed E-state index contributed by atoms with van der Waals surface area (Å²) in [7, 11) is 2.10. The van der Waals surface area contributed by atoms with Crippen LogP contribution in [0.5, 0.6) is 0 Å². The summed E-state index contributed by atoms with van der Waals surface area (Å²) in [5, 5.41) is 3.52. The number of hydrogen-bond donors (Lipinski definition) is 1. The van der Waals surface area contributed by atoms with Crippen LogP contribution in [0.1, 0.15) is 178 Å². The minimum Gasteiger partial charge on any atom is -0.391 e. The molecule has 3 aliphatic carbocycles. The summed E-state index contributed by atoms with van der Waals surface area (Å²) in [6.07, 6.45) is 27.8. The van der Waals surface area contributed by atoms with E-state index in [0.29, 0.717) is 11.8 Å². The van der Waals surface area contributed by atoms with E-state index in [9.17, 15) is 0 Å². The van der Waals surface area contributed by atoms with E-state index in [-0.39, 0.29) is 0 Å². The van der Waals surface area contributed by atoms with Gasteiger partial charge in [-0.1, -0.05) is 163 Å². The Morgan fingerprint density at radius 1 is 0.905 bits per heavy atom. The zero-order valence-electron chi connectivity index (χ0n) is 30.8. The van der Waals surface area contributed by atoms with Crippen LogP contribution in [0.2, 0.25) is 0 Å². The van der Waals surface area contributed by atoms with E-state index in [1.165, 1.54) is 114 Å². The molecule has 0 spiro atoms. The van der Waals surface area contributed by atoms with Crippen LogP contribution in [0, 0.1) is 29.6 Å². The molecule has 0 radical (unpaired) electrons. The molecule has 2 unspecified atom stereocenters. The van der Waals surface area contributed by atoms with Gasteiger partial charge in [-0.15, -0.1) is 0 Å². The first kappa shape index (κ1) is 40.8. The lowest BCUT2D eigenvalue weighted by atomic mass is 9.68. The molecule has 0 aromatic carbocycles. The molecular formula is C41H77N. The van der Waals surface area contributed by atoms with Gasteiger partial charge in [-0.25, -0.2) is 0 Å². The Bertz CT molecular complexity index is 773. The molecule has 2 saturated carbocycles. The molecule has 0 aromatic rings. The summed E-state index contributed by atoms with van der Waals surface area (Å²) >= 11 is 0. The van der Waals surface area contributed by atoms with E-state index >= 15 is 0 Å². The van der Waals surface area contributed by atoms with Crippen molar-refractivity contribution in [2.75, 3.05) is 7.05 Å². The van der Waals surface area contributed by atoms with Crippen molar-refractivity contribution >= 4 is 0 Å². The van der Waals surface area contributed by atoms with Gasteiger partial charge in [-0.2, -0.15) is 0 Å². The van der Waals surface area contributed by atoms with Crippen LogP contribution in [0.15, 0.2) is 46.7 Å². The maximum absolute atomic E-state index is 4.29. The number of hydrogen-bond acceptors (Lipinski definition) is 1. The third-order valence-corrected chi connectivity index (χ3v) is 9.67. The predicted molar refractivity (Wildman–Crippen MR) is 194 cm³/mol. The van der Waals surface area contributed by atoms with Gasteiger partial charge in [-0.3, -0.25) is 0 Å². The average Bonchev–Trinajstić information content (AvgIpc) is 2.97. The van der Waals surface area contributed by atoms with E-state index in [1.807, 2.05) is 13.8 Å². The first-order chi connectivity index (χ1) is 20.2. The first-order valence-electron chi connectivity index (χ1n) is 18.6. The van der Waals surface area contributed by atoms with Crippen molar-refractivity contribution in [2.24, 2.45) is 29.6 Å². The first-order valence-corrected chi connectivity index (χ1v) is 18.6. The monoisotopic (exact) mass is 584 g/mol. The van der Waals surface area contributed by atoms with Gasteiger partial charge < -0.3 is 5.32 Å². The van der Waals surface area contributed by atoms with Crippen molar-refractivity contribution in [3.8, 4) is 0 Å². The summed E-state index contributed by atoms with van der Waals surface area (Å²) in [5.74, 6) is 4.12. The van der Waals surface area contributed by atoms with E-state index in [1.54, 1.807) is 16.7 Å². The van der Waals surface area contributed by atoms with Crippen LogP contribution in [-0.2, 0) is 0 Å². The molecule has 3 aliphatic rings. The molecule has 0 amide bonds. The lowest BCUT2D eigenvalue weighted by molar-refractivity contribution is 0.349. The third-order valence-electron chi connectivity index (χ3n) is 9.67. The Morgan fingerprint density at radius 3 is 2.02 bits per heavy atom. The highest BCUT2D eigenvalue weighted by Gasteiger charge is 2.34. The predicted octanol–water partition coefficient (Wildman–Crippen LogP) is 13.8. The Hall–Kier alpha value is -1.24. The standard InChI is InChI=1S/C22H35N.C9H20.C8H16.C2H6/c1-15(2)9-7-8-10-16(3)13-17(4)21-14-18(5)19-11-12-20(19)22(21)23-6;1-4-6-8-9(3)7-5-2;1-2-8-6-4-3-5-7-8;1-2/h8,10,15,17,21,23H,3,7,9,11-14H2,1-2,4-6H3;9H,4-8H2,1-3H3;8H,2-7H2,1H3;1-2H3/b10-8-;;;/t17?,21-;;;/m0.../s1. The highest BCUT2D eigenvalue weighted by atomic mass is 14.9. The van der Waals surface area contributed by atoms with E-state index in [4.69, 9.17) is 0 Å². The number of fused-ring (bicyclic) bond motifs is 1. The van der Waals surface area contributed by atoms with Crippen LogP contribution < -0.4 is 5.32 Å². The summed E-state index contributed by atoms with van der Waals surface area (Å²) in [4.78, 5) is 0. The van der Waals surface area contributed by atoms with Gasteiger partial charge in [0.05, 0.1) is 0 Å². The SMILES string of the molecule is C=C(/C=C\CCC(C)C)CC(C)[C@@H]1CC(C)=C2CCC2=C1NC.CC.CCC1CCCCC1.CCCCC(C)CCC. The van der Waals surface area contributed by atoms with Gasteiger partial charge in [0.1, 0.15) is 0 Å². The zero-order valence-corrected chi connectivity index (χ0v) is 30.8. The Morgan fingerprint density at radius 2 is 1.55 bits per heavy atom.